The second kappa shape index (κ2) is 7.76. The van der Waals surface area contributed by atoms with Crippen LogP contribution in [-0.2, 0) is 14.8 Å². The summed E-state index contributed by atoms with van der Waals surface area (Å²) in [5.74, 6) is -0.432. The summed E-state index contributed by atoms with van der Waals surface area (Å²) in [4.78, 5) is 12.8. The molecule has 0 aliphatic carbocycles. The molecule has 3 rings (SSSR count). The van der Waals surface area contributed by atoms with Gasteiger partial charge in [-0.05, 0) is 37.1 Å². The summed E-state index contributed by atoms with van der Waals surface area (Å²) >= 11 is 6.84. The van der Waals surface area contributed by atoms with Crippen molar-refractivity contribution in [3.63, 3.8) is 0 Å². The van der Waals surface area contributed by atoms with Crippen LogP contribution in [0, 0.1) is 11.3 Å². The lowest BCUT2D eigenvalue weighted by Gasteiger charge is -2.33. The highest BCUT2D eigenvalue weighted by Gasteiger charge is 2.38. The third kappa shape index (κ3) is 3.76. The number of rotatable bonds is 4. The number of hydrogen-bond donors (Lipinski definition) is 1. The van der Waals surface area contributed by atoms with Gasteiger partial charge in [0.1, 0.15) is 16.3 Å². The normalized spacial score (nSPS) is 18.2. The number of anilines is 1. The molecule has 0 bridgehead atoms. The summed E-state index contributed by atoms with van der Waals surface area (Å²) in [6.07, 6.45) is 1.88. The Morgan fingerprint density at radius 1 is 1.27 bits per heavy atom. The molecule has 1 atom stereocenters. The maximum Gasteiger partial charge on any atom is 0.253 e. The van der Waals surface area contributed by atoms with E-state index in [0.29, 0.717) is 28.4 Å². The quantitative estimate of drug-likeness (QED) is 0.837. The minimum Gasteiger partial charge on any atom is -0.323 e. The summed E-state index contributed by atoms with van der Waals surface area (Å²) in [6.45, 7) is 0.274. The van der Waals surface area contributed by atoms with E-state index in [2.05, 4.69) is 5.32 Å². The van der Waals surface area contributed by atoms with Crippen LogP contribution in [-0.4, -0.2) is 31.2 Å². The number of nitrogens with one attached hydrogen (secondary N) is 1. The van der Waals surface area contributed by atoms with Crippen LogP contribution in [0.5, 0.6) is 0 Å². The zero-order valence-corrected chi connectivity index (χ0v) is 16.1. The molecule has 1 N–H and O–H groups in total. The van der Waals surface area contributed by atoms with E-state index in [1.165, 1.54) is 16.4 Å². The molecule has 1 aromatic carbocycles. The molecule has 1 aromatic heterocycles. The fraction of sp³-hybridized carbons (Fsp3) is 0.294. The molecule has 0 unspecified atom stereocenters. The van der Waals surface area contributed by atoms with Crippen molar-refractivity contribution in [2.24, 2.45) is 0 Å². The second-order valence-electron chi connectivity index (χ2n) is 5.83. The number of benzene rings is 1. The molecule has 0 radical (unpaired) electrons. The molecule has 0 saturated carbocycles. The van der Waals surface area contributed by atoms with Crippen molar-refractivity contribution >= 4 is 44.6 Å². The van der Waals surface area contributed by atoms with Crippen molar-refractivity contribution in [3.8, 4) is 6.07 Å². The first kappa shape index (κ1) is 18.9. The lowest BCUT2D eigenvalue weighted by atomic mass is 10.0. The number of nitrogens with zero attached hydrogens (tertiary/aromatic N) is 2. The Morgan fingerprint density at radius 3 is 2.73 bits per heavy atom. The van der Waals surface area contributed by atoms with Gasteiger partial charge in [0.2, 0.25) is 5.91 Å². The number of thiophene rings is 1. The van der Waals surface area contributed by atoms with Crippen LogP contribution < -0.4 is 5.32 Å². The van der Waals surface area contributed by atoms with Crippen molar-refractivity contribution in [1.29, 1.82) is 5.26 Å². The highest BCUT2D eigenvalue weighted by molar-refractivity contribution is 7.91. The summed E-state index contributed by atoms with van der Waals surface area (Å²) in [5, 5.41) is 11.9. The van der Waals surface area contributed by atoms with Crippen LogP contribution in [0.3, 0.4) is 0 Å². The van der Waals surface area contributed by atoms with Crippen molar-refractivity contribution in [2.45, 2.75) is 29.5 Å². The van der Waals surface area contributed by atoms with Gasteiger partial charge < -0.3 is 5.32 Å². The third-order valence-electron chi connectivity index (χ3n) is 4.17. The third-order valence-corrected chi connectivity index (χ3v) is 7.78. The largest absolute Gasteiger partial charge is 0.323 e. The van der Waals surface area contributed by atoms with Gasteiger partial charge >= 0.3 is 0 Å². The fourth-order valence-corrected chi connectivity index (χ4v) is 6.18. The van der Waals surface area contributed by atoms with Crippen molar-refractivity contribution in [1.82, 2.24) is 4.31 Å². The number of amides is 1. The van der Waals surface area contributed by atoms with Crippen LogP contribution in [0.1, 0.15) is 24.8 Å². The molecule has 2 heterocycles. The topological polar surface area (TPSA) is 90.3 Å². The first-order chi connectivity index (χ1) is 12.4. The van der Waals surface area contributed by atoms with Crippen LogP contribution >= 0.6 is 22.9 Å². The summed E-state index contributed by atoms with van der Waals surface area (Å²) in [6, 6.07) is 10.8. The van der Waals surface area contributed by atoms with Crippen LogP contribution in [0.2, 0.25) is 4.34 Å². The SMILES string of the molecule is N#Cc1ccccc1NC(=O)[C@@H]1CCCCN1S(=O)(=O)c1ccc(Cl)s1. The minimum atomic E-state index is -3.80. The van der Waals surface area contributed by atoms with Crippen LogP contribution in [0.4, 0.5) is 5.69 Å². The zero-order valence-electron chi connectivity index (χ0n) is 13.7. The average Bonchev–Trinajstić information content (AvgIpc) is 3.09. The molecule has 1 aliphatic rings. The lowest BCUT2D eigenvalue weighted by molar-refractivity contribution is -0.120. The van der Waals surface area contributed by atoms with E-state index in [9.17, 15) is 13.2 Å². The minimum absolute atomic E-state index is 0.125. The predicted molar refractivity (Wildman–Crippen MR) is 101 cm³/mol. The molecule has 0 spiro atoms. The number of para-hydroxylation sites is 1. The van der Waals surface area contributed by atoms with Crippen LogP contribution in [0.15, 0.2) is 40.6 Å². The molecule has 1 aliphatic heterocycles. The smallest absolute Gasteiger partial charge is 0.253 e. The average molecular weight is 410 g/mol. The lowest BCUT2D eigenvalue weighted by Crippen LogP contribution is -2.49. The molecular weight excluding hydrogens is 394 g/mol. The Kier molecular flexibility index (Phi) is 5.63. The van der Waals surface area contributed by atoms with E-state index in [0.717, 1.165) is 17.8 Å². The van der Waals surface area contributed by atoms with Gasteiger partial charge in [-0.25, -0.2) is 8.42 Å². The summed E-state index contributed by atoms with van der Waals surface area (Å²) in [7, 11) is -3.80. The summed E-state index contributed by atoms with van der Waals surface area (Å²) in [5.41, 5.74) is 0.707. The van der Waals surface area contributed by atoms with E-state index in [1.54, 1.807) is 24.3 Å². The molecule has 1 amide bonds. The molecular formula is C17H16ClN3O3S2. The Bertz CT molecular complexity index is 966. The van der Waals surface area contributed by atoms with Gasteiger partial charge in [0.25, 0.3) is 10.0 Å². The summed E-state index contributed by atoms with van der Waals surface area (Å²) < 4.78 is 27.6. The number of carbonyl (C=O) groups excluding carboxylic acids is 1. The molecule has 1 saturated heterocycles. The van der Waals surface area contributed by atoms with Gasteiger partial charge in [-0.15, -0.1) is 11.3 Å². The second-order valence-corrected chi connectivity index (χ2v) is 9.66. The Hall–Kier alpha value is -1.92. The Balaban J connectivity index is 1.87. The van der Waals surface area contributed by atoms with Gasteiger partial charge in [-0.3, -0.25) is 4.79 Å². The fourth-order valence-electron chi connectivity index (χ4n) is 2.91. The van der Waals surface area contributed by atoms with E-state index in [4.69, 9.17) is 16.9 Å². The van der Waals surface area contributed by atoms with E-state index in [1.807, 2.05) is 6.07 Å². The predicted octanol–water partition coefficient (Wildman–Crippen LogP) is 3.46. The highest BCUT2D eigenvalue weighted by Crippen LogP contribution is 2.32. The number of piperidine rings is 1. The molecule has 26 heavy (non-hydrogen) atoms. The maximum absolute atomic E-state index is 12.9. The monoisotopic (exact) mass is 409 g/mol. The first-order valence-electron chi connectivity index (χ1n) is 8.00. The Morgan fingerprint density at radius 2 is 2.04 bits per heavy atom. The van der Waals surface area contributed by atoms with Crippen molar-refractivity contribution in [3.05, 3.63) is 46.3 Å². The van der Waals surface area contributed by atoms with E-state index in [-0.39, 0.29) is 10.8 Å². The zero-order chi connectivity index (χ0) is 18.7. The number of hydrogen-bond acceptors (Lipinski definition) is 5. The van der Waals surface area contributed by atoms with Gasteiger partial charge in [0, 0.05) is 6.54 Å². The van der Waals surface area contributed by atoms with Gasteiger partial charge in [0.15, 0.2) is 0 Å². The van der Waals surface area contributed by atoms with Gasteiger partial charge in [-0.1, -0.05) is 30.2 Å². The molecule has 1 fully saturated rings. The Labute approximate surface area is 161 Å². The van der Waals surface area contributed by atoms with E-state index < -0.39 is 22.0 Å². The molecule has 136 valence electrons. The maximum atomic E-state index is 12.9. The number of halogens is 1. The molecule has 6 nitrogen and oxygen atoms in total. The van der Waals surface area contributed by atoms with E-state index >= 15 is 0 Å². The molecule has 2 aromatic rings. The van der Waals surface area contributed by atoms with Gasteiger partial charge in [-0.2, -0.15) is 9.57 Å². The van der Waals surface area contributed by atoms with Crippen molar-refractivity contribution < 1.29 is 13.2 Å². The van der Waals surface area contributed by atoms with Gasteiger partial charge in [0.05, 0.1) is 15.6 Å². The number of nitriles is 1. The first-order valence-corrected chi connectivity index (χ1v) is 10.6. The molecule has 9 heteroatoms. The standard InChI is InChI=1S/C17H16ClN3O3S2/c18-15-8-9-16(25-15)26(23,24)21-10-4-3-7-14(21)17(22)20-13-6-2-1-5-12(13)11-19/h1-2,5-6,8-9,14H,3-4,7,10H2,(H,20,22)/t14-/m0/s1. The number of carbonyl (C=O) groups is 1. The highest BCUT2D eigenvalue weighted by atomic mass is 35.5. The van der Waals surface area contributed by atoms with Crippen LogP contribution in [0.25, 0.3) is 0 Å². The number of sulfonamides is 1. The van der Waals surface area contributed by atoms with Crippen molar-refractivity contribution in [2.75, 3.05) is 11.9 Å².